The lowest BCUT2D eigenvalue weighted by atomic mass is 10.1. The second kappa shape index (κ2) is 4.56. The number of aryl methyl sites for hydroxylation is 1. The summed E-state index contributed by atoms with van der Waals surface area (Å²) in [4.78, 5) is 23.6. The quantitative estimate of drug-likeness (QED) is 0.580. The fourth-order valence-electron chi connectivity index (χ4n) is 2.56. The molecule has 2 aromatic heterocycles. The van der Waals surface area contributed by atoms with Crippen molar-refractivity contribution in [1.82, 2.24) is 15.0 Å². The Morgan fingerprint density at radius 1 is 1.38 bits per heavy atom. The van der Waals surface area contributed by atoms with E-state index in [0.29, 0.717) is 5.82 Å². The molecule has 0 aliphatic carbocycles. The number of aromatic nitrogens is 3. The Kier molecular flexibility index (Phi) is 2.68. The van der Waals surface area contributed by atoms with Gasteiger partial charge in [-0.2, -0.15) is 0 Å². The molecule has 3 aromatic rings. The van der Waals surface area contributed by atoms with Gasteiger partial charge in [-0.15, -0.1) is 11.8 Å². The van der Waals surface area contributed by atoms with Crippen LogP contribution in [0.15, 0.2) is 35.5 Å². The molecule has 3 heterocycles. The van der Waals surface area contributed by atoms with E-state index in [4.69, 9.17) is 0 Å². The number of pyridine rings is 1. The number of aromatic amines is 1. The first kappa shape index (κ1) is 12.3. The molecule has 1 N–H and O–H groups in total. The molecule has 0 saturated heterocycles. The Labute approximate surface area is 123 Å². The first-order valence-electron chi connectivity index (χ1n) is 6.46. The van der Waals surface area contributed by atoms with Crippen LogP contribution >= 0.6 is 11.8 Å². The molecule has 104 valence electrons. The monoisotopic (exact) mass is 298 g/mol. The van der Waals surface area contributed by atoms with Crippen LogP contribution in [-0.2, 0) is 6.42 Å². The van der Waals surface area contributed by atoms with Gasteiger partial charge < -0.3 is 4.98 Å². The molecular weight excluding hydrogens is 288 g/mol. The smallest absolute Gasteiger partial charge is 0.270 e. The van der Waals surface area contributed by atoms with E-state index in [1.807, 2.05) is 6.07 Å². The van der Waals surface area contributed by atoms with Gasteiger partial charge >= 0.3 is 0 Å². The van der Waals surface area contributed by atoms with Crippen LogP contribution in [0.1, 0.15) is 5.56 Å². The van der Waals surface area contributed by atoms with Gasteiger partial charge in [0.25, 0.3) is 5.69 Å². The first-order valence-corrected chi connectivity index (χ1v) is 7.45. The van der Waals surface area contributed by atoms with Crippen molar-refractivity contribution >= 4 is 28.5 Å². The van der Waals surface area contributed by atoms with E-state index in [1.54, 1.807) is 36.3 Å². The molecule has 0 radical (unpaired) electrons. The van der Waals surface area contributed by atoms with Gasteiger partial charge in [0, 0.05) is 34.5 Å². The molecule has 0 atom stereocenters. The summed E-state index contributed by atoms with van der Waals surface area (Å²) in [6.07, 6.45) is 4.23. The lowest BCUT2D eigenvalue weighted by Gasteiger charge is -2.05. The lowest BCUT2D eigenvalue weighted by molar-refractivity contribution is -0.384. The SMILES string of the molecule is O=[N+]([O-])c1cc2c(c(-c3nc4cnccc4[nH]3)c1)SCC2. The number of thioether (sulfide) groups is 1. The van der Waals surface area contributed by atoms with E-state index in [1.165, 1.54) is 0 Å². The van der Waals surface area contributed by atoms with Crippen molar-refractivity contribution in [3.05, 3.63) is 46.3 Å². The summed E-state index contributed by atoms with van der Waals surface area (Å²) in [5.41, 5.74) is 3.59. The van der Waals surface area contributed by atoms with E-state index in [2.05, 4.69) is 15.0 Å². The van der Waals surface area contributed by atoms with Gasteiger partial charge in [-0.25, -0.2) is 4.98 Å². The van der Waals surface area contributed by atoms with Crippen molar-refractivity contribution in [2.24, 2.45) is 0 Å². The van der Waals surface area contributed by atoms with Gasteiger partial charge in [-0.1, -0.05) is 0 Å². The molecule has 21 heavy (non-hydrogen) atoms. The second-order valence-electron chi connectivity index (χ2n) is 4.82. The summed E-state index contributed by atoms with van der Waals surface area (Å²) in [7, 11) is 0. The molecule has 1 aromatic carbocycles. The zero-order chi connectivity index (χ0) is 14.4. The summed E-state index contributed by atoms with van der Waals surface area (Å²) in [5.74, 6) is 1.61. The van der Waals surface area contributed by atoms with E-state index in [0.717, 1.165) is 39.2 Å². The minimum atomic E-state index is -0.350. The number of hydrogen-bond acceptors (Lipinski definition) is 5. The highest BCUT2D eigenvalue weighted by Crippen LogP contribution is 2.41. The van der Waals surface area contributed by atoms with Crippen molar-refractivity contribution in [3.63, 3.8) is 0 Å². The molecular formula is C14H10N4O2S. The minimum Gasteiger partial charge on any atom is -0.338 e. The Hall–Kier alpha value is -2.41. The molecule has 7 heteroatoms. The third-order valence-electron chi connectivity index (χ3n) is 3.52. The van der Waals surface area contributed by atoms with Crippen LogP contribution in [0.3, 0.4) is 0 Å². The van der Waals surface area contributed by atoms with Crippen molar-refractivity contribution in [3.8, 4) is 11.4 Å². The molecule has 1 aliphatic rings. The highest BCUT2D eigenvalue weighted by molar-refractivity contribution is 7.99. The molecule has 4 rings (SSSR count). The van der Waals surface area contributed by atoms with Gasteiger partial charge in [0.15, 0.2) is 0 Å². The van der Waals surface area contributed by atoms with E-state index >= 15 is 0 Å². The number of benzene rings is 1. The van der Waals surface area contributed by atoms with Gasteiger partial charge in [-0.05, 0) is 18.1 Å². The molecule has 0 saturated carbocycles. The van der Waals surface area contributed by atoms with Gasteiger partial charge in [-0.3, -0.25) is 15.1 Å². The number of fused-ring (bicyclic) bond motifs is 2. The highest BCUT2D eigenvalue weighted by Gasteiger charge is 2.23. The van der Waals surface area contributed by atoms with E-state index in [-0.39, 0.29) is 10.6 Å². The first-order chi connectivity index (χ1) is 10.2. The van der Waals surface area contributed by atoms with Crippen LogP contribution in [0.25, 0.3) is 22.4 Å². The van der Waals surface area contributed by atoms with Gasteiger partial charge in [0.1, 0.15) is 11.3 Å². The predicted molar refractivity (Wildman–Crippen MR) is 80.4 cm³/mol. The maximum Gasteiger partial charge on any atom is 0.270 e. The van der Waals surface area contributed by atoms with Gasteiger partial charge in [0.05, 0.1) is 16.6 Å². The number of nitro groups is 1. The Bertz CT molecular complexity index is 842. The molecule has 6 nitrogen and oxygen atoms in total. The standard InChI is InChI=1S/C14H10N4O2S/c19-18(20)9-5-8-2-4-21-13(8)10(6-9)14-16-11-1-3-15-7-12(11)17-14/h1,3,5-7H,2,4H2,(H,16,17). The molecule has 0 fully saturated rings. The maximum atomic E-state index is 11.1. The van der Waals surface area contributed by atoms with Crippen LogP contribution in [0.4, 0.5) is 5.69 Å². The maximum absolute atomic E-state index is 11.1. The van der Waals surface area contributed by atoms with Crippen molar-refractivity contribution in [2.45, 2.75) is 11.3 Å². The average molecular weight is 298 g/mol. The van der Waals surface area contributed by atoms with E-state index in [9.17, 15) is 10.1 Å². The molecule has 0 spiro atoms. The normalized spacial score (nSPS) is 13.5. The van der Waals surface area contributed by atoms with E-state index < -0.39 is 0 Å². The van der Waals surface area contributed by atoms with Crippen LogP contribution in [-0.4, -0.2) is 25.6 Å². The Balaban J connectivity index is 1.96. The third-order valence-corrected chi connectivity index (χ3v) is 4.70. The average Bonchev–Trinajstić information content (AvgIpc) is 3.12. The van der Waals surface area contributed by atoms with Crippen LogP contribution < -0.4 is 0 Å². The number of rotatable bonds is 2. The molecule has 1 aliphatic heterocycles. The number of imidazole rings is 1. The second-order valence-corrected chi connectivity index (χ2v) is 5.92. The number of nitrogens with one attached hydrogen (secondary N) is 1. The van der Waals surface area contributed by atoms with Gasteiger partial charge in [0.2, 0.25) is 0 Å². The van der Waals surface area contributed by atoms with Crippen LogP contribution in [0.5, 0.6) is 0 Å². The minimum absolute atomic E-state index is 0.116. The summed E-state index contributed by atoms with van der Waals surface area (Å²) >= 11 is 1.72. The van der Waals surface area contributed by atoms with Crippen molar-refractivity contribution < 1.29 is 4.92 Å². The fourth-order valence-corrected chi connectivity index (χ4v) is 3.74. The number of H-pyrrole nitrogens is 1. The lowest BCUT2D eigenvalue weighted by Crippen LogP contribution is -1.93. The van der Waals surface area contributed by atoms with Crippen molar-refractivity contribution in [2.75, 3.05) is 5.75 Å². The Morgan fingerprint density at radius 2 is 2.29 bits per heavy atom. The van der Waals surface area contributed by atoms with Crippen LogP contribution in [0, 0.1) is 10.1 Å². The zero-order valence-corrected chi connectivity index (χ0v) is 11.7. The van der Waals surface area contributed by atoms with Crippen LogP contribution in [0.2, 0.25) is 0 Å². The Morgan fingerprint density at radius 3 is 3.10 bits per heavy atom. The zero-order valence-electron chi connectivity index (χ0n) is 10.9. The fraction of sp³-hybridized carbons (Fsp3) is 0.143. The highest BCUT2D eigenvalue weighted by atomic mass is 32.2. The number of nitrogens with zero attached hydrogens (tertiary/aromatic N) is 3. The predicted octanol–water partition coefficient (Wildman–Crippen LogP) is 3.18. The topological polar surface area (TPSA) is 84.7 Å². The summed E-state index contributed by atoms with van der Waals surface area (Å²) in [6.45, 7) is 0. The third kappa shape index (κ3) is 1.97. The van der Waals surface area contributed by atoms with Crippen molar-refractivity contribution in [1.29, 1.82) is 0 Å². The molecule has 0 amide bonds. The summed E-state index contributed by atoms with van der Waals surface area (Å²) in [6, 6.07) is 5.11. The molecule has 0 unspecified atom stereocenters. The number of hydrogen-bond donors (Lipinski definition) is 1. The largest absolute Gasteiger partial charge is 0.338 e. The number of nitro benzene ring substituents is 1. The number of non-ortho nitro benzene ring substituents is 1. The summed E-state index contributed by atoms with van der Waals surface area (Å²) < 4.78 is 0. The summed E-state index contributed by atoms with van der Waals surface area (Å²) in [5, 5.41) is 11.1. The molecule has 0 bridgehead atoms.